The number of rotatable bonds is 1. The SMILES string of the molecule is Cc1ccc(N=C2NC(=O)/C(=C3/C(=O)N(C)c4ccc(Br)cc43)S2)cc1Cl. The van der Waals surface area contributed by atoms with Gasteiger partial charge in [0.1, 0.15) is 0 Å². The topological polar surface area (TPSA) is 61.8 Å². The number of carbonyl (C=O) groups is 2. The summed E-state index contributed by atoms with van der Waals surface area (Å²) in [6.07, 6.45) is 0. The molecule has 0 saturated carbocycles. The van der Waals surface area contributed by atoms with Crippen molar-refractivity contribution in [2.45, 2.75) is 6.92 Å². The van der Waals surface area contributed by atoms with E-state index in [1.807, 2.05) is 37.3 Å². The van der Waals surface area contributed by atoms with Gasteiger partial charge >= 0.3 is 0 Å². The van der Waals surface area contributed by atoms with E-state index < -0.39 is 0 Å². The van der Waals surface area contributed by atoms with Crippen LogP contribution in [0.4, 0.5) is 11.4 Å². The Kier molecular flexibility index (Phi) is 4.61. The number of aryl methyl sites for hydroxylation is 1. The zero-order chi connectivity index (χ0) is 19.3. The highest BCUT2D eigenvalue weighted by Crippen LogP contribution is 2.43. The van der Waals surface area contributed by atoms with Crippen LogP contribution in [0.15, 0.2) is 50.8 Å². The number of carbonyl (C=O) groups excluding carboxylic acids is 2. The maximum absolute atomic E-state index is 12.8. The van der Waals surface area contributed by atoms with Crippen molar-refractivity contribution in [2.24, 2.45) is 4.99 Å². The molecule has 0 spiro atoms. The van der Waals surface area contributed by atoms with E-state index in [0.717, 1.165) is 33.0 Å². The second-order valence-electron chi connectivity index (χ2n) is 6.14. The zero-order valence-corrected chi connectivity index (χ0v) is 17.5. The third-order valence-corrected chi connectivity index (χ3v) is 6.23. The molecule has 2 aromatic rings. The highest BCUT2D eigenvalue weighted by Gasteiger charge is 2.38. The molecule has 8 heteroatoms. The van der Waals surface area contributed by atoms with Gasteiger partial charge in [-0.05, 0) is 54.6 Å². The number of aliphatic imine (C=N–C) groups is 1. The lowest BCUT2D eigenvalue weighted by Crippen LogP contribution is -2.23. The number of nitrogens with zero attached hydrogens (tertiary/aromatic N) is 2. The normalized spacial score (nSPS) is 20.4. The molecule has 27 heavy (non-hydrogen) atoms. The van der Waals surface area contributed by atoms with Crippen LogP contribution in [0.1, 0.15) is 11.1 Å². The number of likely N-dealkylation sites (N-methyl/N-ethyl adjacent to an activating group) is 1. The van der Waals surface area contributed by atoms with Crippen LogP contribution in [0.5, 0.6) is 0 Å². The van der Waals surface area contributed by atoms with E-state index in [-0.39, 0.29) is 11.8 Å². The molecule has 0 aliphatic carbocycles. The van der Waals surface area contributed by atoms with Crippen molar-refractivity contribution in [3.05, 3.63) is 61.9 Å². The lowest BCUT2D eigenvalue weighted by Gasteiger charge is -2.08. The van der Waals surface area contributed by atoms with E-state index in [1.165, 1.54) is 0 Å². The fourth-order valence-corrected chi connectivity index (χ4v) is 4.39. The Labute approximate surface area is 173 Å². The average molecular weight is 463 g/mol. The summed E-state index contributed by atoms with van der Waals surface area (Å²) in [6, 6.07) is 11.0. The van der Waals surface area contributed by atoms with Gasteiger partial charge in [-0.2, -0.15) is 0 Å². The Hall–Kier alpha value is -2.09. The molecule has 1 saturated heterocycles. The standard InChI is InChI=1S/C19H13BrClN3O2S/c1-9-3-5-11(8-13(9)21)22-19-23-17(25)16(27-19)15-12-7-10(20)4-6-14(12)24(2)18(15)26/h3-8H,1-2H3,(H,22,23,25)/b16-15-. The van der Waals surface area contributed by atoms with Crippen molar-refractivity contribution in [3.63, 3.8) is 0 Å². The maximum Gasteiger partial charge on any atom is 0.264 e. The van der Waals surface area contributed by atoms with E-state index in [9.17, 15) is 9.59 Å². The Balaban J connectivity index is 1.76. The molecule has 136 valence electrons. The molecule has 0 bridgehead atoms. The second kappa shape index (κ2) is 6.82. The van der Waals surface area contributed by atoms with Crippen molar-refractivity contribution < 1.29 is 9.59 Å². The highest BCUT2D eigenvalue weighted by atomic mass is 79.9. The van der Waals surface area contributed by atoms with Gasteiger partial charge in [-0.25, -0.2) is 4.99 Å². The Morgan fingerprint density at radius 3 is 2.70 bits per heavy atom. The average Bonchev–Trinajstić information content (AvgIpc) is 3.08. The number of thioether (sulfide) groups is 1. The molecule has 0 atom stereocenters. The summed E-state index contributed by atoms with van der Waals surface area (Å²) < 4.78 is 0.842. The second-order valence-corrected chi connectivity index (χ2v) is 8.46. The fourth-order valence-electron chi connectivity index (χ4n) is 2.92. The quantitative estimate of drug-likeness (QED) is 0.628. The molecule has 1 N–H and O–H groups in total. The Morgan fingerprint density at radius 1 is 1.19 bits per heavy atom. The van der Waals surface area contributed by atoms with Gasteiger partial charge in [0.25, 0.3) is 11.8 Å². The van der Waals surface area contributed by atoms with Crippen LogP contribution in [-0.4, -0.2) is 24.0 Å². The first-order valence-electron chi connectivity index (χ1n) is 8.01. The fraction of sp³-hybridized carbons (Fsp3) is 0.105. The van der Waals surface area contributed by atoms with Gasteiger partial charge in [-0.15, -0.1) is 0 Å². The number of fused-ring (bicyclic) bond motifs is 1. The summed E-state index contributed by atoms with van der Waals surface area (Å²) >= 11 is 10.7. The van der Waals surface area contributed by atoms with Gasteiger partial charge in [0, 0.05) is 22.1 Å². The van der Waals surface area contributed by atoms with Gasteiger partial charge in [0.15, 0.2) is 5.17 Å². The third-order valence-electron chi connectivity index (χ3n) is 4.35. The lowest BCUT2D eigenvalue weighted by molar-refractivity contribution is -0.116. The van der Waals surface area contributed by atoms with Crippen LogP contribution >= 0.6 is 39.3 Å². The van der Waals surface area contributed by atoms with E-state index >= 15 is 0 Å². The largest absolute Gasteiger partial charge is 0.311 e. The zero-order valence-electron chi connectivity index (χ0n) is 14.3. The highest BCUT2D eigenvalue weighted by molar-refractivity contribution is 9.10. The molecule has 4 rings (SSSR count). The number of hydrogen-bond donors (Lipinski definition) is 1. The molecule has 2 aromatic carbocycles. The number of benzene rings is 2. The number of anilines is 1. The molecule has 0 radical (unpaired) electrons. The molecular weight excluding hydrogens is 450 g/mol. The molecule has 2 amide bonds. The van der Waals surface area contributed by atoms with Crippen LogP contribution < -0.4 is 10.2 Å². The third kappa shape index (κ3) is 3.20. The predicted octanol–water partition coefficient (Wildman–Crippen LogP) is 4.65. The predicted molar refractivity (Wildman–Crippen MR) is 113 cm³/mol. The van der Waals surface area contributed by atoms with Crippen LogP contribution in [0.3, 0.4) is 0 Å². The number of amides is 2. The number of amidine groups is 1. The first-order valence-corrected chi connectivity index (χ1v) is 10.00. The summed E-state index contributed by atoms with van der Waals surface area (Å²) in [5, 5.41) is 3.76. The van der Waals surface area contributed by atoms with E-state index in [4.69, 9.17) is 11.6 Å². The smallest absolute Gasteiger partial charge is 0.264 e. The lowest BCUT2D eigenvalue weighted by atomic mass is 10.1. The van der Waals surface area contributed by atoms with Crippen molar-refractivity contribution in [2.75, 3.05) is 11.9 Å². The molecular formula is C19H13BrClN3O2S. The van der Waals surface area contributed by atoms with Crippen molar-refractivity contribution in [3.8, 4) is 0 Å². The molecule has 2 aliphatic heterocycles. The minimum atomic E-state index is -0.332. The van der Waals surface area contributed by atoms with Crippen molar-refractivity contribution >= 4 is 73.2 Å². The summed E-state index contributed by atoms with van der Waals surface area (Å²) in [7, 11) is 1.70. The monoisotopic (exact) mass is 461 g/mol. The first kappa shape index (κ1) is 18.3. The first-order chi connectivity index (χ1) is 12.8. The summed E-state index contributed by atoms with van der Waals surface area (Å²) in [5.74, 6) is -0.540. The van der Waals surface area contributed by atoms with E-state index in [0.29, 0.717) is 26.4 Å². The molecule has 5 nitrogen and oxygen atoms in total. The maximum atomic E-state index is 12.8. The van der Waals surface area contributed by atoms with Gasteiger partial charge < -0.3 is 10.2 Å². The minimum Gasteiger partial charge on any atom is -0.311 e. The van der Waals surface area contributed by atoms with Gasteiger partial charge in [-0.3, -0.25) is 9.59 Å². The molecule has 2 heterocycles. The Bertz CT molecular complexity index is 1080. The van der Waals surface area contributed by atoms with E-state index in [1.54, 1.807) is 18.0 Å². The molecule has 0 aromatic heterocycles. The summed E-state index contributed by atoms with van der Waals surface area (Å²) in [6.45, 7) is 1.91. The van der Waals surface area contributed by atoms with Crippen LogP contribution in [0.2, 0.25) is 5.02 Å². The van der Waals surface area contributed by atoms with Crippen LogP contribution in [0.25, 0.3) is 5.57 Å². The van der Waals surface area contributed by atoms with Crippen LogP contribution in [-0.2, 0) is 9.59 Å². The Morgan fingerprint density at radius 2 is 1.96 bits per heavy atom. The molecule has 2 aliphatic rings. The van der Waals surface area contributed by atoms with Gasteiger partial charge in [0.05, 0.1) is 21.9 Å². The summed E-state index contributed by atoms with van der Waals surface area (Å²) in [4.78, 5) is 31.6. The van der Waals surface area contributed by atoms with E-state index in [2.05, 4.69) is 26.2 Å². The van der Waals surface area contributed by atoms with Gasteiger partial charge in [0.2, 0.25) is 0 Å². The molecule has 1 fully saturated rings. The molecule has 0 unspecified atom stereocenters. The number of nitrogens with one attached hydrogen (secondary N) is 1. The number of halogens is 2. The van der Waals surface area contributed by atoms with Gasteiger partial charge in [-0.1, -0.05) is 33.6 Å². The van der Waals surface area contributed by atoms with Crippen molar-refractivity contribution in [1.82, 2.24) is 5.32 Å². The minimum absolute atomic E-state index is 0.208. The van der Waals surface area contributed by atoms with Crippen LogP contribution in [0, 0.1) is 6.92 Å². The summed E-state index contributed by atoms with van der Waals surface area (Å²) in [5.41, 5.74) is 3.48. The van der Waals surface area contributed by atoms with Crippen molar-refractivity contribution in [1.29, 1.82) is 0 Å². The number of hydrogen-bond acceptors (Lipinski definition) is 4.